The summed E-state index contributed by atoms with van der Waals surface area (Å²) in [4.78, 5) is 14.1. The first-order valence-electron chi connectivity index (χ1n) is 7.11. The van der Waals surface area contributed by atoms with Gasteiger partial charge in [-0.3, -0.25) is 4.90 Å². The summed E-state index contributed by atoms with van der Waals surface area (Å²) in [6.07, 6.45) is 0. The molecule has 1 atom stereocenters. The van der Waals surface area contributed by atoms with Gasteiger partial charge in [0.25, 0.3) is 0 Å². The van der Waals surface area contributed by atoms with E-state index in [1.807, 2.05) is 68.4 Å². The third kappa shape index (κ3) is 3.83. The maximum absolute atomic E-state index is 12.4. The van der Waals surface area contributed by atoms with Crippen LogP contribution in [0.25, 0.3) is 0 Å². The molecular formula is C17H21N3O. The Labute approximate surface area is 125 Å². The fraction of sp³-hybridized carbons (Fsp3) is 0.235. The number of hydrogen-bond donors (Lipinski definition) is 2. The van der Waals surface area contributed by atoms with Crippen molar-refractivity contribution in [1.29, 1.82) is 0 Å². The largest absolute Gasteiger partial charge is 0.326 e. The average Bonchev–Trinajstić information content (AvgIpc) is 2.49. The third-order valence-corrected chi connectivity index (χ3v) is 3.29. The summed E-state index contributed by atoms with van der Waals surface area (Å²) in [7, 11) is 0. The number of carbonyl (C=O) groups is 1. The van der Waals surface area contributed by atoms with Gasteiger partial charge in [-0.1, -0.05) is 30.3 Å². The number of para-hydroxylation sites is 1. The molecule has 2 rings (SSSR count). The number of nitrogens with one attached hydrogen (secondary N) is 1. The van der Waals surface area contributed by atoms with Crippen molar-refractivity contribution < 1.29 is 4.79 Å². The highest BCUT2D eigenvalue weighted by molar-refractivity contribution is 6.01. The third-order valence-electron chi connectivity index (χ3n) is 3.29. The maximum atomic E-state index is 12.4. The molecule has 0 bridgehead atoms. The lowest BCUT2D eigenvalue weighted by molar-refractivity contribution is 0.257. The number of rotatable bonds is 4. The minimum absolute atomic E-state index is 0.0572. The van der Waals surface area contributed by atoms with Gasteiger partial charge in [-0.05, 0) is 43.7 Å². The molecule has 2 amide bonds. The summed E-state index contributed by atoms with van der Waals surface area (Å²) in [5.74, 6) is 0. The lowest BCUT2D eigenvalue weighted by Gasteiger charge is -2.21. The highest BCUT2D eigenvalue weighted by Gasteiger charge is 2.13. The lowest BCUT2D eigenvalue weighted by Crippen LogP contribution is -2.34. The smallest absolute Gasteiger partial charge is 0.324 e. The summed E-state index contributed by atoms with van der Waals surface area (Å²) in [6.45, 7) is 4.47. The van der Waals surface area contributed by atoms with E-state index in [1.165, 1.54) is 0 Å². The van der Waals surface area contributed by atoms with Crippen molar-refractivity contribution in [3.8, 4) is 0 Å². The zero-order valence-corrected chi connectivity index (χ0v) is 12.4. The molecule has 0 spiro atoms. The van der Waals surface area contributed by atoms with E-state index in [2.05, 4.69) is 5.32 Å². The molecule has 0 heterocycles. The minimum Gasteiger partial charge on any atom is -0.324 e. The van der Waals surface area contributed by atoms with E-state index in [0.717, 1.165) is 16.9 Å². The number of amides is 2. The van der Waals surface area contributed by atoms with Gasteiger partial charge in [0.15, 0.2) is 0 Å². The van der Waals surface area contributed by atoms with Crippen molar-refractivity contribution in [2.24, 2.45) is 5.73 Å². The molecule has 0 radical (unpaired) electrons. The van der Waals surface area contributed by atoms with Crippen LogP contribution in [-0.4, -0.2) is 12.6 Å². The number of nitrogens with zero attached hydrogens (tertiary/aromatic N) is 1. The quantitative estimate of drug-likeness (QED) is 0.897. The number of carbonyl (C=O) groups excluding carboxylic acids is 1. The van der Waals surface area contributed by atoms with E-state index < -0.39 is 0 Å². The van der Waals surface area contributed by atoms with Gasteiger partial charge in [-0.15, -0.1) is 0 Å². The van der Waals surface area contributed by atoms with E-state index in [9.17, 15) is 4.79 Å². The van der Waals surface area contributed by atoms with Gasteiger partial charge in [0.05, 0.1) is 0 Å². The van der Waals surface area contributed by atoms with Gasteiger partial charge in [0.2, 0.25) is 0 Å². The molecule has 21 heavy (non-hydrogen) atoms. The van der Waals surface area contributed by atoms with Crippen LogP contribution < -0.4 is 16.0 Å². The van der Waals surface area contributed by atoms with Gasteiger partial charge < -0.3 is 11.1 Å². The molecule has 0 aliphatic heterocycles. The number of hydrogen-bond acceptors (Lipinski definition) is 2. The van der Waals surface area contributed by atoms with Gasteiger partial charge in [0, 0.05) is 24.0 Å². The summed E-state index contributed by atoms with van der Waals surface area (Å²) in [6, 6.07) is 17.0. The summed E-state index contributed by atoms with van der Waals surface area (Å²) < 4.78 is 0. The van der Waals surface area contributed by atoms with Crippen molar-refractivity contribution in [3.05, 3.63) is 60.2 Å². The molecular weight excluding hydrogens is 262 g/mol. The molecule has 0 saturated heterocycles. The number of anilines is 2. The van der Waals surface area contributed by atoms with Crippen molar-refractivity contribution in [1.82, 2.24) is 0 Å². The zero-order chi connectivity index (χ0) is 15.2. The van der Waals surface area contributed by atoms with Gasteiger partial charge in [0.1, 0.15) is 0 Å². The normalized spacial score (nSPS) is 11.8. The van der Waals surface area contributed by atoms with Crippen molar-refractivity contribution in [3.63, 3.8) is 0 Å². The molecule has 2 aromatic rings. The molecule has 3 N–H and O–H groups in total. The highest BCUT2D eigenvalue weighted by atomic mass is 16.2. The Morgan fingerprint density at radius 3 is 2.52 bits per heavy atom. The number of nitrogens with two attached hydrogens (primary N) is 1. The van der Waals surface area contributed by atoms with Crippen molar-refractivity contribution >= 4 is 17.4 Å². The molecule has 0 aliphatic rings. The standard InChI is InChI=1S/C17H21N3O/c1-3-20(16-10-5-4-6-11-16)17(21)19-15-9-7-8-14(12-15)13(2)18/h4-13H,3,18H2,1-2H3,(H,19,21). The minimum atomic E-state index is -0.148. The molecule has 2 aromatic carbocycles. The molecule has 0 aromatic heterocycles. The fourth-order valence-electron chi connectivity index (χ4n) is 2.14. The van der Waals surface area contributed by atoms with E-state index in [0.29, 0.717) is 6.54 Å². The Hall–Kier alpha value is -2.33. The first-order chi connectivity index (χ1) is 10.1. The highest BCUT2D eigenvalue weighted by Crippen LogP contribution is 2.18. The van der Waals surface area contributed by atoms with Gasteiger partial charge in [-0.25, -0.2) is 4.79 Å². The van der Waals surface area contributed by atoms with E-state index >= 15 is 0 Å². The molecule has 4 heteroatoms. The Kier molecular flexibility index (Phi) is 4.95. The van der Waals surface area contributed by atoms with Gasteiger partial charge in [-0.2, -0.15) is 0 Å². The molecule has 0 saturated carbocycles. The molecule has 110 valence electrons. The topological polar surface area (TPSA) is 58.4 Å². The van der Waals surface area contributed by atoms with Crippen LogP contribution in [0.2, 0.25) is 0 Å². The fourth-order valence-corrected chi connectivity index (χ4v) is 2.14. The average molecular weight is 283 g/mol. The Morgan fingerprint density at radius 1 is 1.19 bits per heavy atom. The SMILES string of the molecule is CCN(C(=O)Nc1cccc(C(C)N)c1)c1ccccc1. The van der Waals surface area contributed by atoms with E-state index in [4.69, 9.17) is 5.73 Å². The monoisotopic (exact) mass is 283 g/mol. The van der Waals surface area contributed by atoms with Crippen molar-refractivity contribution in [2.45, 2.75) is 19.9 Å². The summed E-state index contributed by atoms with van der Waals surface area (Å²) in [5, 5.41) is 2.92. The zero-order valence-electron chi connectivity index (χ0n) is 12.4. The van der Waals surface area contributed by atoms with Crippen LogP contribution in [0.5, 0.6) is 0 Å². The van der Waals surface area contributed by atoms with Crippen LogP contribution in [0.3, 0.4) is 0 Å². The van der Waals surface area contributed by atoms with Gasteiger partial charge >= 0.3 is 6.03 Å². The summed E-state index contributed by atoms with van der Waals surface area (Å²) in [5.41, 5.74) is 8.49. The Balaban J connectivity index is 2.15. The van der Waals surface area contributed by atoms with Crippen LogP contribution in [0, 0.1) is 0 Å². The number of urea groups is 1. The second-order valence-corrected chi connectivity index (χ2v) is 4.92. The molecule has 0 fully saturated rings. The number of benzene rings is 2. The van der Waals surface area contributed by atoms with Crippen LogP contribution in [0.15, 0.2) is 54.6 Å². The molecule has 0 aliphatic carbocycles. The first-order valence-corrected chi connectivity index (χ1v) is 7.11. The second kappa shape index (κ2) is 6.90. The second-order valence-electron chi connectivity index (χ2n) is 4.92. The van der Waals surface area contributed by atoms with Crippen LogP contribution >= 0.6 is 0 Å². The summed E-state index contributed by atoms with van der Waals surface area (Å²) >= 11 is 0. The Morgan fingerprint density at radius 2 is 1.90 bits per heavy atom. The van der Waals surface area contributed by atoms with E-state index in [-0.39, 0.29) is 12.1 Å². The van der Waals surface area contributed by atoms with Crippen LogP contribution in [0.4, 0.5) is 16.2 Å². The lowest BCUT2D eigenvalue weighted by atomic mass is 10.1. The molecule has 4 nitrogen and oxygen atoms in total. The van der Waals surface area contributed by atoms with Crippen LogP contribution in [-0.2, 0) is 0 Å². The first kappa shape index (κ1) is 15.1. The van der Waals surface area contributed by atoms with E-state index in [1.54, 1.807) is 4.90 Å². The molecule has 1 unspecified atom stereocenters. The Bertz CT molecular complexity index is 596. The predicted octanol–water partition coefficient (Wildman–Crippen LogP) is 3.76. The maximum Gasteiger partial charge on any atom is 0.326 e. The van der Waals surface area contributed by atoms with Crippen molar-refractivity contribution in [2.75, 3.05) is 16.8 Å². The van der Waals surface area contributed by atoms with Crippen LogP contribution in [0.1, 0.15) is 25.5 Å². The predicted molar refractivity (Wildman–Crippen MR) is 87.5 cm³/mol.